The minimum Gasteiger partial charge on any atom is -0.307 e. The molecule has 70 valence electrons. The average molecular weight is 190 g/mol. The highest BCUT2D eigenvalue weighted by molar-refractivity contribution is 5.85. The van der Waals surface area contributed by atoms with Crippen molar-refractivity contribution in [3.63, 3.8) is 0 Å². The number of H-pyrrole nitrogens is 2. The van der Waals surface area contributed by atoms with Gasteiger partial charge in [-0.1, -0.05) is 6.07 Å². The first kappa shape index (κ1) is 8.43. The largest absolute Gasteiger partial charge is 0.326 e. The second kappa shape index (κ2) is 2.95. The van der Waals surface area contributed by atoms with Crippen LogP contribution in [-0.4, -0.2) is 16.3 Å². The Hall–Kier alpha value is -2.17. The third kappa shape index (κ3) is 1.24. The minimum atomic E-state index is -0.578. The van der Waals surface area contributed by atoms with Crippen LogP contribution in [0.5, 0.6) is 0 Å². The van der Waals surface area contributed by atoms with Gasteiger partial charge in [0, 0.05) is 5.56 Å². The Balaban J connectivity index is 2.95. The first-order chi connectivity index (χ1) is 6.70. The van der Waals surface area contributed by atoms with Crippen molar-refractivity contribution in [3.8, 4) is 0 Å². The van der Waals surface area contributed by atoms with E-state index in [9.17, 15) is 14.4 Å². The highest BCUT2D eigenvalue weighted by atomic mass is 16.2. The Morgan fingerprint density at radius 2 is 1.93 bits per heavy atom. The number of carbonyl (C=O) groups excluding carboxylic acids is 1. The molecule has 5 nitrogen and oxygen atoms in total. The van der Waals surface area contributed by atoms with E-state index in [0.717, 1.165) is 0 Å². The molecule has 0 amide bonds. The molecule has 5 heteroatoms. The summed E-state index contributed by atoms with van der Waals surface area (Å²) >= 11 is 0. The van der Waals surface area contributed by atoms with Crippen molar-refractivity contribution in [1.29, 1.82) is 0 Å². The molecule has 0 radical (unpaired) electrons. The topological polar surface area (TPSA) is 82.8 Å². The molecule has 0 saturated carbocycles. The molecule has 1 aromatic carbocycles. The fourth-order valence-corrected chi connectivity index (χ4v) is 1.26. The molecule has 0 aliphatic heterocycles. The number of hydrogen-bond donors (Lipinski definition) is 2. The molecule has 0 bridgehead atoms. The van der Waals surface area contributed by atoms with Crippen molar-refractivity contribution < 1.29 is 4.79 Å². The van der Waals surface area contributed by atoms with E-state index in [-0.39, 0.29) is 0 Å². The highest BCUT2D eigenvalue weighted by Gasteiger charge is 2.00. The summed E-state index contributed by atoms with van der Waals surface area (Å²) in [5.41, 5.74) is -0.256. The van der Waals surface area contributed by atoms with Gasteiger partial charge >= 0.3 is 5.69 Å². The van der Waals surface area contributed by atoms with Crippen LogP contribution in [0.25, 0.3) is 10.9 Å². The zero-order valence-electron chi connectivity index (χ0n) is 7.03. The number of nitrogens with one attached hydrogen (secondary N) is 2. The maximum Gasteiger partial charge on any atom is 0.326 e. The van der Waals surface area contributed by atoms with E-state index in [4.69, 9.17) is 0 Å². The second-order valence-corrected chi connectivity index (χ2v) is 2.83. The first-order valence-electron chi connectivity index (χ1n) is 3.92. The van der Waals surface area contributed by atoms with E-state index >= 15 is 0 Å². The summed E-state index contributed by atoms with van der Waals surface area (Å²) in [6.45, 7) is 0. The van der Waals surface area contributed by atoms with Gasteiger partial charge in [0.2, 0.25) is 0 Å². The smallest absolute Gasteiger partial charge is 0.307 e. The van der Waals surface area contributed by atoms with Crippen molar-refractivity contribution in [1.82, 2.24) is 9.97 Å². The van der Waals surface area contributed by atoms with Crippen LogP contribution in [-0.2, 0) is 0 Å². The SMILES string of the molecule is O=Cc1ccc2c(=O)[nH]c(=O)[nH]c2c1. The summed E-state index contributed by atoms with van der Waals surface area (Å²) in [7, 11) is 0. The van der Waals surface area contributed by atoms with Crippen LogP contribution < -0.4 is 11.2 Å². The summed E-state index contributed by atoms with van der Waals surface area (Å²) in [6, 6.07) is 4.47. The lowest BCUT2D eigenvalue weighted by atomic mass is 10.2. The van der Waals surface area contributed by atoms with Gasteiger partial charge in [0.1, 0.15) is 6.29 Å². The fraction of sp³-hybridized carbons (Fsp3) is 0. The maximum atomic E-state index is 11.2. The summed E-state index contributed by atoms with van der Waals surface area (Å²) < 4.78 is 0. The molecule has 0 fully saturated rings. The zero-order valence-corrected chi connectivity index (χ0v) is 7.03. The number of benzene rings is 1. The van der Waals surface area contributed by atoms with Gasteiger partial charge in [-0.2, -0.15) is 0 Å². The van der Waals surface area contributed by atoms with Gasteiger partial charge in [0.15, 0.2) is 0 Å². The van der Waals surface area contributed by atoms with Gasteiger partial charge in [-0.05, 0) is 12.1 Å². The number of carbonyl (C=O) groups is 1. The Labute approximate surface area is 77.4 Å². The van der Waals surface area contributed by atoms with Gasteiger partial charge in [-0.25, -0.2) is 4.79 Å². The number of hydrogen-bond acceptors (Lipinski definition) is 3. The maximum absolute atomic E-state index is 11.2. The molecule has 0 spiro atoms. The Bertz CT molecular complexity index is 609. The second-order valence-electron chi connectivity index (χ2n) is 2.83. The van der Waals surface area contributed by atoms with Gasteiger partial charge in [0.25, 0.3) is 5.56 Å². The lowest BCUT2D eigenvalue weighted by molar-refractivity contribution is 0.112. The minimum absolute atomic E-state index is 0.357. The predicted molar refractivity (Wildman–Crippen MR) is 50.6 cm³/mol. The molecular formula is C9H6N2O3. The molecule has 2 rings (SSSR count). The third-order valence-corrected chi connectivity index (χ3v) is 1.90. The first-order valence-corrected chi connectivity index (χ1v) is 3.92. The number of aromatic amines is 2. The average Bonchev–Trinajstić information content (AvgIpc) is 2.16. The molecular weight excluding hydrogens is 184 g/mol. The van der Waals surface area contributed by atoms with Crippen LogP contribution >= 0.6 is 0 Å². The molecule has 1 heterocycles. The van der Waals surface area contributed by atoms with E-state index in [1.54, 1.807) is 0 Å². The Kier molecular flexibility index (Phi) is 1.78. The molecule has 0 unspecified atom stereocenters. The molecule has 0 saturated heterocycles. The molecule has 0 atom stereocenters. The monoisotopic (exact) mass is 190 g/mol. The third-order valence-electron chi connectivity index (χ3n) is 1.90. The van der Waals surface area contributed by atoms with Crippen molar-refractivity contribution in [2.45, 2.75) is 0 Å². The number of fused-ring (bicyclic) bond motifs is 1. The van der Waals surface area contributed by atoms with Crippen molar-refractivity contribution >= 4 is 17.2 Å². The van der Waals surface area contributed by atoms with Crippen LogP contribution in [0.2, 0.25) is 0 Å². The summed E-state index contributed by atoms with van der Waals surface area (Å²) in [4.78, 5) is 37.1. The van der Waals surface area contributed by atoms with Crippen LogP contribution in [0.4, 0.5) is 0 Å². The molecule has 0 aliphatic rings. The van der Waals surface area contributed by atoms with Gasteiger partial charge in [-0.15, -0.1) is 0 Å². The van der Waals surface area contributed by atoms with Crippen LogP contribution in [0.15, 0.2) is 27.8 Å². The van der Waals surface area contributed by atoms with E-state index in [2.05, 4.69) is 9.97 Å². The standard InChI is InChI=1S/C9H6N2O3/c12-4-5-1-2-6-7(3-5)10-9(14)11-8(6)13/h1-4H,(H2,10,11,13,14). The lowest BCUT2D eigenvalue weighted by Crippen LogP contribution is -2.21. The lowest BCUT2D eigenvalue weighted by Gasteiger charge is -1.96. The zero-order chi connectivity index (χ0) is 10.1. The van der Waals surface area contributed by atoms with Crippen molar-refractivity contribution in [2.75, 3.05) is 0 Å². The molecule has 14 heavy (non-hydrogen) atoms. The number of rotatable bonds is 1. The van der Waals surface area contributed by atoms with E-state index in [1.807, 2.05) is 0 Å². The molecule has 2 N–H and O–H groups in total. The highest BCUT2D eigenvalue weighted by Crippen LogP contribution is 2.06. The fourth-order valence-electron chi connectivity index (χ4n) is 1.26. The quantitative estimate of drug-likeness (QED) is 0.622. The van der Waals surface area contributed by atoms with Crippen LogP contribution in [0, 0.1) is 0 Å². The molecule has 0 aliphatic carbocycles. The Morgan fingerprint density at radius 1 is 1.14 bits per heavy atom. The number of aldehydes is 1. The molecule has 2 aromatic rings. The van der Waals surface area contributed by atoms with Crippen molar-refractivity contribution in [3.05, 3.63) is 44.6 Å². The van der Waals surface area contributed by atoms with Crippen molar-refractivity contribution in [2.24, 2.45) is 0 Å². The Morgan fingerprint density at radius 3 is 2.64 bits per heavy atom. The predicted octanol–water partition coefficient (Wildman–Crippen LogP) is 0.0289. The molecule has 1 aromatic heterocycles. The van der Waals surface area contributed by atoms with E-state index in [1.165, 1.54) is 18.2 Å². The number of aromatic nitrogens is 2. The summed E-state index contributed by atoms with van der Waals surface area (Å²) in [6.07, 6.45) is 0.652. The van der Waals surface area contributed by atoms with Gasteiger partial charge in [0.05, 0.1) is 10.9 Å². The van der Waals surface area contributed by atoms with E-state index < -0.39 is 11.2 Å². The normalized spacial score (nSPS) is 10.3. The van der Waals surface area contributed by atoms with Crippen LogP contribution in [0.1, 0.15) is 10.4 Å². The van der Waals surface area contributed by atoms with Crippen LogP contribution in [0.3, 0.4) is 0 Å². The van der Waals surface area contributed by atoms with E-state index in [0.29, 0.717) is 22.8 Å². The summed E-state index contributed by atoms with van der Waals surface area (Å²) in [5.74, 6) is 0. The summed E-state index contributed by atoms with van der Waals surface area (Å²) in [5, 5.41) is 0.357. The van der Waals surface area contributed by atoms with Gasteiger partial charge < -0.3 is 4.98 Å². The van der Waals surface area contributed by atoms with Gasteiger partial charge in [-0.3, -0.25) is 14.6 Å².